The first-order chi connectivity index (χ1) is 7.80. The predicted molar refractivity (Wildman–Crippen MR) is 71.5 cm³/mol. The molecule has 0 heterocycles. The molecule has 0 unspecified atom stereocenters. The molecule has 1 aromatic rings. The fraction of sp³-hybridized carbons (Fsp3) is 0.600. The molecule has 1 aliphatic rings. The predicted octanol–water partition coefficient (Wildman–Crippen LogP) is 3.16. The third-order valence-corrected chi connectivity index (χ3v) is 3.35. The van der Waals surface area contributed by atoms with Crippen LogP contribution in [0.2, 0.25) is 0 Å². The van der Waals surface area contributed by atoms with Gasteiger partial charge in [0.1, 0.15) is 12.4 Å². The molecule has 2 nitrogen and oxygen atoms in total. The average molecular weight is 233 g/mol. The van der Waals surface area contributed by atoms with Gasteiger partial charge >= 0.3 is 0 Å². The summed E-state index contributed by atoms with van der Waals surface area (Å²) in [5, 5.41) is 0. The van der Waals surface area contributed by atoms with E-state index < -0.39 is 0 Å². The Morgan fingerprint density at radius 1 is 1.29 bits per heavy atom. The minimum absolute atomic E-state index is 0.0555. The standard InChI is InChI=1S/C15H23NO/c1-11-5-6-13(12(9-11)14(2,3)4)17-10-15(16)7-8-15/h5-6,9H,7-8,10,16H2,1-4H3. The highest BCUT2D eigenvalue weighted by molar-refractivity contribution is 5.41. The molecule has 1 aliphatic carbocycles. The summed E-state index contributed by atoms with van der Waals surface area (Å²) < 4.78 is 5.92. The van der Waals surface area contributed by atoms with E-state index in [9.17, 15) is 0 Å². The van der Waals surface area contributed by atoms with Gasteiger partial charge < -0.3 is 10.5 Å². The molecule has 0 radical (unpaired) electrons. The van der Waals surface area contributed by atoms with E-state index >= 15 is 0 Å². The third kappa shape index (κ3) is 3.01. The van der Waals surface area contributed by atoms with Gasteiger partial charge in [-0.05, 0) is 36.8 Å². The van der Waals surface area contributed by atoms with Crippen molar-refractivity contribution in [1.29, 1.82) is 0 Å². The maximum absolute atomic E-state index is 6.06. The number of rotatable bonds is 3. The van der Waals surface area contributed by atoms with Crippen LogP contribution in [-0.4, -0.2) is 12.1 Å². The van der Waals surface area contributed by atoms with Gasteiger partial charge in [-0.3, -0.25) is 0 Å². The Balaban J connectivity index is 2.20. The highest BCUT2D eigenvalue weighted by atomic mass is 16.5. The molecular weight excluding hydrogens is 210 g/mol. The van der Waals surface area contributed by atoms with E-state index in [1.807, 2.05) is 0 Å². The van der Waals surface area contributed by atoms with Gasteiger partial charge in [-0.1, -0.05) is 38.5 Å². The van der Waals surface area contributed by atoms with Gasteiger partial charge in [-0.2, -0.15) is 0 Å². The number of ether oxygens (including phenoxy) is 1. The average Bonchev–Trinajstić information content (AvgIpc) is 2.94. The minimum Gasteiger partial charge on any atom is -0.491 e. The summed E-state index contributed by atoms with van der Waals surface area (Å²) in [6.45, 7) is 9.39. The molecule has 1 saturated carbocycles. The Hall–Kier alpha value is -1.02. The Bertz CT molecular complexity index is 413. The minimum atomic E-state index is -0.0555. The van der Waals surface area contributed by atoms with Crippen molar-refractivity contribution in [2.75, 3.05) is 6.61 Å². The molecule has 94 valence electrons. The highest BCUT2D eigenvalue weighted by Gasteiger charge is 2.39. The largest absolute Gasteiger partial charge is 0.491 e. The van der Waals surface area contributed by atoms with E-state index in [1.54, 1.807) is 0 Å². The van der Waals surface area contributed by atoms with Gasteiger partial charge in [-0.25, -0.2) is 0 Å². The molecule has 1 fully saturated rings. The Morgan fingerprint density at radius 2 is 1.94 bits per heavy atom. The van der Waals surface area contributed by atoms with Gasteiger partial charge in [0.05, 0.1) is 5.54 Å². The van der Waals surface area contributed by atoms with Crippen molar-refractivity contribution in [2.24, 2.45) is 5.73 Å². The second-order valence-electron chi connectivity index (χ2n) is 6.40. The van der Waals surface area contributed by atoms with Crippen LogP contribution < -0.4 is 10.5 Å². The fourth-order valence-electron chi connectivity index (χ4n) is 1.88. The summed E-state index contributed by atoms with van der Waals surface area (Å²) in [4.78, 5) is 0. The maximum atomic E-state index is 6.06. The summed E-state index contributed by atoms with van der Waals surface area (Å²) in [5.41, 5.74) is 8.65. The Labute approximate surface area is 104 Å². The Kier molecular flexibility index (Phi) is 2.94. The van der Waals surface area contributed by atoms with Crippen LogP contribution in [-0.2, 0) is 5.41 Å². The normalized spacial score (nSPS) is 17.9. The van der Waals surface area contributed by atoms with E-state index in [0.717, 1.165) is 18.6 Å². The van der Waals surface area contributed by atoms with Crippen molar-refractivity contribution >= 4 is 0 Å². The molecule has 1 aromatic carbocycles. The molecule has 2 rings (SSSR count). The highest BCUT2D eigenvalue weighted by Crippen LogP contribution is 2.36. The summed E-state index contributed by atoms with van der Waals surface area (Å²) in [5.74, 6) is 0.986. The summed E-state index contributed by atoms with van der Waals surface area (Å²) in [6.07, 6.45) is 2.17. The van der Waals surface area contributed by atoms with Crippen LogP contribution in [0.1, 0.15) is 44.7 Å². The SMILES string of the molecule is Cc1ccc(OCC2(N)CC2)c(C(C)(C)C)c1. The molecule has 0 bridgehead atoms. The summed E-state index contributed by atoms with van der Waals surface area (Å²) >= 11 is 0. The van der Waals surface area contributed by atoms with Crippen LogP contribution in [0.4, 0.5) is 0 Å². The van der Waals surface area contributed by atoms with Crippen LogP contribution in [0.5, 0.6) is 5.75 Å². The van der Waals surface area contributed by atoms with E-state index in [-0.39, 0.29) is 11.0 Å². The first-order valence-corrected chi connectivity index (χ1v) is 6.33. The Morgan fingerprint density at radius 3 is 2.47 bits per heavy atom. The molecule has 0 atom stereocenters. The van der Waals surface area contributed by atoms with Crippen LogP contribution in [0, 0.1) is 6.92 Å². The molecule has 0 aromatic heterocycles. The molecule has 2 N–H and O–H groups in total. The molecule has 0 spiro atoms. The van der Waals surface area contributed by atoms with Crippen LogP contribution in [0.3, 0.4) is 0 Å². The molecular formula is C15H23NO. The van der Waals surface area contributed by atoms with Crippen LogP contribution >= 0.6 is 0 Å². The van der Waals surface area contributed by atoms with E-state index in [4.69, 9.17) is 10.5 Å². The smallest absolute Gasteiger partial charge is 0.123 e. The number of hydrogen-bond acceptors (Lipinski definition) is 2. The van der Waals surface area contributed by atoms with E-state index in [1.165, 1.54) is 11.1 Å². The fourth-order valence-corrected chi connectivity index (χ4v) is 1.88. The maximum Gasteiger partial charge on any atom is 0.123 e. The molecule has 0 amide bonds. The zero-order valence-corrected chi connectivity index (χ0v) is 11.3. The van der Waals surface area contributed by atoms with E-state index in [0.29, 0.717) is 6.61 Å². The quantitative estimate of drug-likeness (QED) is 0.870. The van der Waals surface area contributed by atoms with Gasteiger partial charge in [0, 0.05) is 0 Å². The van der Waals surface area contributed by atoms with Gasteiger partial charge in [-0.15, -0.1) is 0 Å². The van der Waals surface area contributed by atoms with Crippen molar-refractivity contribution in [3.8, 4) is 5.75 Å². The van der Waals surface area contributed by atoms with Crippen molar-refractivity contribution < 1.29 is 4.74 Å². The molecule has 0 aliphatic heterocycles. The molecule has 2 heteroatoms. The van der Waals surface area contributed by atoms with Crippen molar-refractivity contribution in [3.63, 3.8) is 0 Å². The lowest BCUT2D eigenvalue weighted by Crippen LogP contribution is -2.30. The topological polar surface area (TPSA) is 35.2 Å². The number of benzene rings is 1. The monoisotopic (exact) mass is 233 g/mol. The summed E-state index contributed by atoms with van der Waals surface area (Å²) in [6, 6.07) is 6.38. The van der Waals surface area contributed by atoms with Crippen molar-refractivity contribution in [1.82, 2.24) is 0 Å². The van der Waals surface area contributed by atoms with Gasteiger partial charge in [0.2, 0.25) is 0 Å². The first kappa shape index (κ1) is 12.4. The lowest BCUT2D eigenvalue weighted by atomic mass is 9.85. The van der Waals surface area contributed by atoms with Crippen molar-refractivity contribution in [3.05, 3.63) is 29.3 Å². The van der Waals surface area contributed by atoms with Crippen molar-refractivity contribution in [2.45, 2.75) is 51.5 Å². The first-order valence-electron chi connectivity index (χ1n) is 6.33. The molecule has 17 heavy (non-hydrogen) atoms. The summed E-state index contributed by atoms with van der Waals surface area (Å²) in [7, 11) is 0. The number of aryl methyl sites for hydroxylation is 1. The molecule has 0 saturated heterocycles. The second kappa shape index (κ2) is 4.02. The zero-order valence-electron chi connectivity index (χ0n) is 11.3. The van der Waals surface area contributed by atoms with Gasteiger partial charge in [0.15, 0.2) is 0 Å². The zero-order chi connectivity index (χ0) is 12.7. The number of hydrogen-bond donors (Lipinski definition) is 1. The van der Waals surface area contributed by atoms with Crippen LogP contribution in [0.25, 0.3) is 0 Å². The number of nitrogens with two attached hydrogens (primary N) is 1. The van der Waals surface area contributed by atoms with E-state index in [2.05, 4.69) is 45.9 Å². The lowest BCUT2D eigenvalue weighted by Gasteiger charge is -2.24. The lowest BCUT2D eigenvalue weighted by molar-refractivity contribution is 0.273. The third-order valence-electron chi connectivity index (χ3n) is 3.35. The van der Waals surface area contributed by atoms with Crippen LogP contribution in [0.15, 0.2) is 18.2 Å². The van der Waals surface area contributed by atoms with Gasteiger partial charge in [0.25, 0.3) is 0 Å². The second-order valence-corrected chi connectivity index (χ2v) is 6.40.